The number of thiophene rings is 1. The molecule has 8 heteroatoms. The van der Waals surface area contributed by atoms with Gasteiger partial charge in [-0.25, -0.2) is 14.4 Å². The van der Waals surface area contributed by atoms with E-state index in [1.165, 1.54) is 10.9 Å². The lowest BCUT2D eigenvalue weighted by molar-refractivity contribution is 0.632. The lowest BCUT2D eigenvalue weighted by Crippen LogP contribution is -1.87. The average molecular weight is 426 g/mol. The average Bonchev–Trinajstić information content (AvgIpc) is 3.50. The van der Waals surface area contributed by atoms with Crippen LogP contribution in [0.15, 0.2) is 61.1 Å². The van der Waals surface area contributed by atoms with E-state index in [1.807, 2.05) is 12.1 Å². The van der Waals surface area contributed by atoms with E-state index in [2.05, 4.69) is 49.2 Å². The van der Waals surface area contributed by atoms with E-state index in [1.54, 1.807) is 42.1 Å². The first-order valence-electron chi connectivity index (χ1n) is 9.67. The zero-order valence-electron chi connectivity index (χ0n) is 16.3. The van der Waals surface area contributed by atoms with Crippen LogP contribution >= 0.6 is 11.3 Å². The highest BCUT2D eigenvalue weighted by atomic mass is 32.1. The predicted octanol–water partition coefficient (Wildman–Crippen LogP) is 5.74. The number of hydrogen-bond acceptors (Lipinski definition) is 5. The van der Waals surface area contributed by atoms with Gasteiger partial charge >= 0.3 is 0 Å². The van der Waals surface area contributed by atoms with E-state index >= 15 is 0 Å². The summed E-state index contributed by atoms with van der Waals surface area (Å²) < 4.78 is 14.7. The lowest BCUT2D eigenvalue weighted by Gasteiger charge is -2.03. The fraction of sp³-hybridized carbons (Fsp3) is 0.0435. The van der Waals surface area contributed by atoms with E-state index in [0.29, 0.717) is 33.8 Å². The number of fused-ring (bicyclic) bond motifs is 2. The van der Waals surface area contributed by atoms with Gasteiger partial charge in [-0.1, -0.05) is 6.07 Å². The number of halogens is 1. The zero-order valence-corrected chi connectivity index (χ0v) is 17.2. The molecule has 2 N–H and O–H groups in total. The summed E-state index contributed by atoms with van der Waals surface area (Å²) >= 11 is 1.72. The molecular formula is C23H15FN6S. The lowest BCUT2D eigenvalue weighted by atomic mass is 10.0. The van der Waals surface area contributed by atoms with Gasteiger partial charge in [0.05, 0.1) is 11.0 Å². The molecule has 150 valence electrons. The van der Waals surface area contributed by atoms with E-state index in [0.717, 1.165) is 21.3 Å². The van der Waals surface area contributed by atoms with Crippen molar-refractivity contribution in [2.45, 2.75) is 6.92 Å². The van der Waals surface area contributed by atoms with Crippen molar-refractivity contribution in [1.29, 1.82) is 0 Å². The quantitative estimate of drug-likeness (QED) is 0.378. The molecule has 0 atom stereocenters. The van der Waals surface area contributed by atoms with Crippen LogP contribution < -0.4 is 0 Å². The van der Waals surface area contributed by atoms with Crippen molar-refractivity contribution in [3.63, 3.8) is 0 Å². The van der Waals surface area contributed by atoms with Gasteiger partial charge in [0.15, 0.2) is 11.5 Å². The van der Waals surface area contributed by atoms with Gasteiger partial charge in [0.1, 0.15) is 11.5 Å². The molecule has 0 spiro atoms. The highest BCUT2D eigenvalue weighted by Crippen LogP contribution is 2.35. The Labute approximate surface area is 179 Å². The first-order chi connectivity index (χ1) is 15.2. The molecule has 0 amide bonds. The number of benzene rings is 1. The molecule has 6 aromatic rings. The van der Waals surface area contributed by atoms with Crippen LogP contribution in [-0.2, 0) is 0 Å². The van der Waals surface area contributed by atoms with Gasteiger partial charge in [0.2, 0.25) is 0 Å². The second-order valence-electron chi connectivity index (χ2n) is 7.24. The molecular weight excluding hydrogens is 411 g/mol. The molecule has 0 aliphatic carbocycles. The minimum Gasteiger partial charge on any atom is -0.335 e. The Morgan fingerprint density at radius 1 is 1.03 bits per heavy atom. The Morgan fingerprint density at radius 2 is 1.97 bits per heavy atom. The highest BCUT2D eigenvalue weighted by molar-refractivity contribution is 7.15. The number of nitrogens with zero attached hydrogens (tertiary/aromatic N) is 4. The number of aromatic amines is 2. The predicted molar refractivity (Wildman–Crippen MR) is 120 cm³/mol. The molecule has 0 saturated heterocycles. The van der Waals surface area contributed by atoms with Crippen molar-refractivity contribution >= 4 is 33.4 Å². The Balaban J connectivity index is 1.54. The summed E-state index contributed by atoms with van der Waals surface area (Å²) in [5.41, 5.74) is 4.90. The zero-order chi connectivity index (χ0) is 20.9. The maximum absolute atomic E-state index is 14.7. The number of aryl methyl sites for hydroxylation is 1. The van der Waals surface area contributed by atoms with Crippen LogP contribution in [0.1, 0.15) is 4.88 Å². The molecule has 0 saturated carbocycles. The van der Waals surface area contributed by atoms with Gasteiger partial charge in [-0.15, -0.1) is 11.3 Å². The van der Waals surface area contributed by atoms with Crippen molar-refractivity contribution in [2.24, 2.45) is 0 Å². The molecule has 0 aliphatic rings. The summed E-state index contributed by atoms with van der Waals surface area (Å²) in [6.07, 6.45) is 5.07. The number of rotatable bonds is 3. The maximum Gasteiger partial charge on any atom is 0.178 e. The molecule has 0 fully saturated rings. The van der Waals surface area contributed by atoms with Gasteiger partial charge in [0.25, 0.3) is 0 Å². The second-order valence-corrected chi connectivity index (χ2v) is 8.53. The number of nitrogens with one attached hydrogen (secondary N) is 2. The SMILES string of the molecule is Cc1ccc(-c2ccnc3nc(-c4n[nH]c5cc(F)c(-c6cccnc6)cc45)[nH]c23)s1. The van der Waals surface area contributed by atoms with Crippen LogP contribution in [0.25, 0.3) is 55.2 Å². The largest absolute Gasteiger partial charge is 0.335 e. The Kier molecular flexibility index (Phi) is 3.94. The van der Waals surface area contributed by atoms with E-state index in [4.69, 9.17) is 0 Å². The Bertz CT molecular complexity index is 1560. The first-order valence-corrected chi connectivity index (χ1v) is 10.5. The molecule has 0 bridgehead atoms. The molecule has 5 aromatic heterocycles. The first kappa shape index (κ1) is 17.9. The number of pyridine rings is 2. The van der Waals surface area contributed by atoms with E-state index in [9.17, 15) is 4.39 Å². The standard InChI is InChI=1S/C23H15FN6S/c1-12-4-5-19(31-12)14-6-8-26-22-20(14)27-23(28-22)21-16-9-15(13-3-2-7-25-11-13)17(24)10-18(16)29-30-21/h2-11H,1H3,(H,29,30)(H,26,27,28). The molecule has 0 aliphatic heterocycles. The molecule has 0 unspecified atom stereocenters. The van der Waals surface area contributed by atoms with Crippen LogP contribution in [0.4, 0.5) is 4.39 Å². The van der Waals surface area contributed by atoms with Crippen molar-refractivity contribution < 1.29 is 4.39 Å². The third-order valence-corrected chi connectivity index (χ3v) is 6.28. The third-order valence-electron chi connectivity index (χ3n) is 5.25. The van der Waals surface area contributed by atoms with Gasteiger partial charge in [0, 0.05) is 56.5 Å². The molecule has 0 radical (unpaired) electrons. The number of imidazole rings is 1. The van der Waals surface area contributed by atoms with Crippen molar-refractivity contribution in [3.05, 3.63) is 71.7 Å². The topological polar surface area (TPSA) is 83.1 Å². The highest BCUT2D eigenvalue weighted by Gasteiger charge is 2.18. The minimum atomic E-state index is -0.336. The van der Waals surface area contributed by atoms with Crippen LogP contribution in [0.5, 0.6) is 0 Å². The van der Waals surface area contributed by atoms with Crippen LogP contribution in [-0.4, -0.2) is 30.1 Å². The fourth-order valence-corrected chi connectivity index (χ4v) is 4.67. The van der Waals surface area contributed by atoms with Gasteiger partial charge in [-0.05, 0) is 37.3 Å². The Morgan fingerprint density at radius 3 is 2.77 bits per heavy atom. The van der Waals surface area contributed by atoms with Gasteiger partial charge in [-0.3, -0.25) is 10.1 Å². The summed E-state index contributed by atoms with van der Waals surface area (Å²) in [5.74, 6) is 0.246. The van der Waals surface area contributed by atoms with Gasteiger partial charge in [-0.2, -0.15) is 5.10 Å². The molecule has 6 nitrogen and oxygen atoms in total. The molecule has 6 rings (SSSR count). The Hall–Kier alpha value is -3.91. The van der Waals surface area contributed by atoms with Crippen molar-refractivity contribution in [2.75, 3.05) is 0 Å². The van der Waals surface area contributed by atoms with Crippen LogP contribution in [0.3, 0.4) is 0 Å². The maximum atomic E-state index is 14.7. The smallest absolute Gasteiger partial charge is 0.178 e. The second kappa shape index (κ2) is 6.82. The van der Waals surface area contributed by atoms with Crippen LogP contribution in [0, 0.1) is 12.7 Å². The number of aromatic nitrogens is 6. The fourth-order valence-electron chi connectivity index (χ4n) is 3.77. The summed E-state index contributed by atoms with van der Waals surface area (Å²) in [6.45, 7) is 2.08. The van der Waals surface area contributed by atoms with Gasteiger partial charge < -0.3 is 4.98 Å². The normalized spacial score (nSPS) is 11.5. The molecule has 1 aromatic carbocycles. The summed E-state index contributed by atoms with van der Waals surface area (Å²) in [7, 11) is 0. The van der Waals surface area contributed by atoms with E-state index in [-0.39, 0.29) is 5.82 Å². The van der Waals surface area contributed by atoms with Crippen molar-refractivity contribution in [1.82, 2.24) is 30.1 Å². The third kappa shape index (κ3) is 2.91. The van der Waals surface area contributed by atoms with Crippen LogP contribution in [0.2, 0.25) is 0 Å². The summed E-state index contributed by atoms with van der Waals surface area (Å²) in [5, 5.41) is 8.10. The molecule has 5 heterocycles. The molecule has 31 heavy (non-hydrogen) atoms. The number of hydrogen-bond donors (Lipinski definition) is 2. The monoisotopic (exact) mass is 426 g/mol. The summed E-state index contributed by atoms with van der Waals surface area (Å²) in [6, 6.07) is 13.0. The van der Waals surface area contributed by atoms with E-state index < -0.39 is 0 Å². The summed E-state index contributed by atoms with van der Waals surface area (Å²) in [4.78, 5) is 19.0. The number of H-pyrrole nitrogens is 2. The van der Waals surface area contributed by atoms with Crippen molar-refractivity contribution in [3.8, 4) is 33.1 Å². The minimum absolute atomic E-state index is 0.336.